The molecule has 0 radical (unpaired) electrons. The second kappa shape index (κ2) is 19.2. The fraction of sp³-hybridized carbons (Fsp3) is 0.675. The van der Waals surface area contributed by atoms with Crippen LogP contribution < -0.4 is 21.1 Å². The second-order valence-electron chi connectivity index (χ2n) is 14.6. The fourth-order valence-corrected chi connectivity index (χ4v) is 8.30. The van der Waals surface area contributed by atoms with Crippen LogP contribution in [-0.4, -0.2) is 78.7 Å². The SMILES string of the molecule is CCNC(COc1cc(CC[C-]2C=C(CO)C(CCCCCCCN)O2)ccc1O)[C+]1C=C2C(=N1)CCC1CCCC1C2CNCC(C)O. The maximum atomic E-state index is 10.7. The second-order valence-corrected chi connectivity index (χ2v) is 14.6. The summed E-state index contributed by atoms with van der Waals surface area (Å²) in [7, 11) is 0. The molecule has 49 heavy (non-hydrogen) atoms. The van der Waals surface area contributed by atoms with Gasteiger partial charge in [0, 0.05) is 32.2 Å². The van der Waals surface area contributed by atoms with Crippen molar-refractivity contribution in [3.63, 3.8) is 0 Å². The number of nitrogens with one attached hydrogen (secondary N) is 2. The van der Waals surface area contributed by atoms with Gasteiger partial charge in [-0.2, -0.15) is 11.6 Å². The van der Waals surface area contributed by atoms with Gasteiger partial charge in [0.1, 0.15) is 18.2 Å². The van der Waals surface area contributed by atoms with Gasteiger partial charge in [0.05, 0.1) is 18.1 Å². The van der Waals surface area contributed by atoms with Gasteiger partial charge in [-0.3, -0.25) is 5.32 Å². The number of fused-ring (bicyclic) bond motifs is 2. The fourth-order valence-electron chi connectivity index (χ4n) is 8.30. The third kappa shape index (κ3) is 10.5. The van der Waals surface area contributed by atoms with Crippen LogP contribution in [0.25, 0.3) is 0 Å². The Balaban J connectivity index is 1.17. The molecule has 6 atom stereocenters. The lowest BCUT2D eigenvalue weighted by Crippen LogP contribution is -2.38. The first-order valence-electron chi connectivity index (χ1n) is 19.2. The van der Waals surface area contributed by atoms with Gasteiger partial charge in [0.25, 0.3) is 0 Å². The van der Waals surface area contributed by atoms with Gasteiger partial charge in [-0.1, -0.05) is 64.0 Å². The monoisotopic (exact) mass is 678 g/mol. The third-order valence-electron chi connectivity index (χ3n) is 10.9. The maximum Gasteiger partial charge on any atom is 0.189 e. The van der Waals surface area contributed by atoms with Crippen molar-refractivity contribution < 1.29 is 24.8 Å². The van der Waals surface area contributed by atoms with Crippen LogP contribution in [0.3, 0.4) is 0 Å². The topological polar surface area (TPSA) is 142 Å². The molecule has 0 aromatic heterocycles. The number of aliphatic imine (C=N–C) groups is 1. The molecule has 2 saturated carbocycles. The van der Waals surface area contributed by atoms with Crippen molar-refractivity contribution in [2.45, 2.75) is 116 Å². The Morgan fingerprint density at radius 1 is 1.16 bits per heavy atom. The number of nitrogens with two attached hydrogens (primary N) is 1. The van der Waals surface area contributed by atoms with Gasteiger partial charge in [-0.05, 0) is 81.6 Å². The predicted octanol–water partition coefficient (Wildman–Crippen LogP) is 5.54. The van der Waals surface area contributed by atoms with Crippen LogP contribution in [0, 0.1) is 29.9 Å². The van der Waals surface area contributed by atoms with E-state index in [1.807, 2.05) is 25.1 Å². The molecule has 2 fully saturated rings. The lowest BCUT2D eigenvalue weighted by molar-refractivity contribution is 0.102. The number of rotatable bonds is 21. The minimum absolute atomic E-state index is 0.0222. The highest BCUT2D eigenvalue weighted by molar-refractivity contribution is 6.04. The summed E-state index contributed by atoms with van der Waals surface area (Å²) in [6.07, 6.45) is 19.0. The first-order valence-corrected chi connectivity index (χ1v) is 19.2. The van der Waals surface area contributed by atoms with Gasteiger partial charge >= 0.3 is 0 Å². The Kier molecular flexibility index (Phi) is 14.8. The number of aromatic hydroxyl groups is 1. The standard InChI is InChI=1S/C40H62N4O5/c1-3-43-37(36-22-33-34(24-42-23-27(2)46)32-11-9-10-29(32)15-17-35(33)44-36)26-48-40-20-28(14-18-38(40)47)13-16-31-21-30(25-45)39(49-31)12-7-5-4-6-8-19-41/h14,18,20-22,27,29,32,34,37,39,42-43,45-47H,3-13,15-17,19,23-26,41H2,1-2H3. The summed E-state index contributed by atoms with van der Waals surface area (Å²) in [5.74, 6) is 2.42. The zero-order valence-corrected chi connectivity index (χ0v) is 30.0. The summed E-state index contributed by atoms with van der Waals surface area (Å²) < 4.78 is 12.6. The zero-order valence-electron chi connectivity index (χ0n) is 30.0. The van der Waals surface area contributed by atoms with Crippen LogP contribution in [0.5, 0.6) is 11.5 Å². The van der Waals surface area contributed by atoms with Crippen molar-refractivity contribution in [1.29, 1.82) is 0 Å². The number of ether oxygens (including phenoxy) is 2. The molecule has 0 saturated heterocycles. The molecular weight excluding hydrogens is 616 g/mol. The molecule has 272 valence electrons. The van der Waals surface area contributed by atoms with Crippen molar-refractivity contribution in [3.05, 3.63) is 59.2 Å². The Bertz CT molecular complexity index is 1270. The normalized spacial score (nSPS) is 24.6. The Morgan fingerprint density at radius 3 is 2.80 bits per heavy atom. The van der Waals surface area contributed by atoms with Crippen LogP contribution in [0.1, 0.15) is 96.5 Å². The number of aliphatic hydroxyl groups excluding tert-OH is 2. The smallest absolute Gasteiger partial charge is 0.189 e. The minimum Gasteiger partial charge on any atom is -0.504 e. The zero-order chi connectivity index (χ0) is 34.6. The lowest BCUT2D eigenvalue weighted by Gasteiger charge is -2.24. The molecule has 2 aliphatic heterocycles. The average Bonchev–Trinajstić information content (AvgIpc) is 3.82. The largest absolute Gasteiger partial charge is 0.504 e. The average molecular weight is 679 g/mol. The number of aliphatic hydroxyl groups is 2. The molecule has 0 spiro atoms. The number of nitrogens with zero attached hydrogens (tertiary/aromatic N) is 1. The van der Waals surface area contributed by atoms with E-state index in [4.69, 9.17) is 20.2 Å². The van der Waals surface area contributed by atoms with Crippen LogP contribution in [0.15, 0.2) is 46.5 Å². The number of benzene rings is 1. The Morgan fingerprint density at radius 2 is 2.00 bits per heavy atom. The van der Waals surface area contributed by atoms with Crippen LogP contribution in [0.4, 0.5) is 0 Å². The quantitative estimate of drug-likeness (QED) is 0.0736. The van der Waals surface area contributed by atoms with Crippen molar-refractivity contribution in [2.75, 3.05) is 39.4 Å². The van der Waals surface area contributed by atoms with E-state index in [-0.39, 0.29) is 30.6 Å². The predicted molar refractivity (Wildman–Crippen MR) is 196 cm³/mol. The summed E-state index contributed by atoms with van der Waals surface area (Å²) in [4.78, 5) is 5.20. The molecule has 0 bridgehead atoms. The number of hydrogen-bond acceptors (Lipinski definition) is 9. The number of phenolic OH excluding ortho intramolecular Hbond substituents is 1. The molecule has 7 N–H and O–H groups in total. The van der Waals surface area contributed by atoms with E-state index in [0.717, 1.165) is 93.8 Å². The van der Waals surface area contributed by atoms with Gasteiger partial charge in [-0.25, -0.2) is 0 Å². The first-order chi connectivity index (χ1) is 23.9. The van der Waals surface area contributed by atoms with E-state index >= 15 is 0 Å². The molecule has 2 heterocycles. The molecule has 2 aliphatic carbocycles. The molecule has 5 rings (SSSR count). The Hall–Kier alpha value is -2.53. The molecule has 4 aliphatic rings. The van der Waals surface area contributed by atoms with Crippen LogP contribution in [0.2, 0.25) is 0 Å². The molecule has 9 heteroatoms. The van der Waals surface area contributed by atoms with Gasteiger partial charge < -0.3 is 35.8 Å². The molecule has 9 nitrogen and oxygen atoms in total. The summed E-state index contributed by atoms with van der Waals surface area (Å²) in [5, 5.41) is 37.6. The van der Waals surface area contributed by atoms with E-state index in [9.17, 15) is 15.3 Å². The summed E-state index contributed by atoms with van der Waals surface area (Å²) >= 11 is 0. The van der Waals surface area contributed by atoms with Gasteiger partial charge in [-0.15, -0.1) is 4.99 Å². The summed E-state index contributed by atoms with van der Waals surface area (Å²) in [5.41, 5.74) is 10.2. The van der Waals surface area contributed by atoms with Crippen molar-refractivity contribution in [2.24, 2.45) is 28.5 Å². The van der Waals surface area contributed by atoms with E-state index in [1.165, 1.54) is 49.8 Å². The van der Waals surface area contributed by atoms with E-state index in [0.29, 0.717) is 30.7 Å². The lowest BCUT2D eigenvalue weighted by atomic mass is 9.80. The highest BCUT2D eigenvalue weighted by Gasteiger charge is 2.47. The van der Waals surface area contributed by atoms with E-state index in [1.54, 1.807) is 6.07 Å². The number of likely N-dealkylation sites (N-methyl/N-ethyl adjacent to an activating group) is 1. The highest BCUT2D eigenvalue weighted by Crippen LogP contribution is 2.47. The van der Waals surface area contributed by atoms with Crippen molar-refractivity contribution in [3.8, 4) is 11.5 Å². The van der Waals surface area contributed by atoms with Gasteiger partial charge in [0.15, 0.2) is 23.3 Å². The minimum atomic E-state index is -0.363. The number of hydrogen-bond donors (Lipinski definition) is 6. The molecule has 6 unspecified atom stereocenters. The number of phenols is 1. The van der Waals surface area contributed by atoms with Gasteiger partial charge in [0.2, 0.25) is 0 Å². The summed E-state index contributed by atoms with van der Waals surface area (Å²) in [6.45, 7) is 7.31. The first kappa shape index (κ1) is 37.7. The highest BCUT2D eigenvalue weighted by atomic mass is 16.5. The van der Waals surface area contributed by atoms with Crippen LogP contribution in [-0.2, 0) is 11.2 Å². The van der Waals surface area contributed by atoms with E-state index in [2.05, 4.69) is 23.6 Å². The number of aryl methyl sites for hydroxylation is 1. The van der Waals surface area contributed by atoms with Crippen molar-refractivity contribution in [1.82, 2.24) is 10.6 Å². The van der Waals surface area contributed by atoms with E-state index < -0.39 is 0 Å². The third-order valence-corrected chi connectivity index (χ3v) is 10.9. The maximum absolute atomic E-state index is 10.7. The number of unbranched alkanes of at least 4 members (excludes halogenated alkanes) is 4. The van der Waals surface area contributed by atoms with Crippen molar-refractivity contribution >= 4 is 5.71 Å². The molecule has 1 aromatic carbocycles. The molecule has 0 amide bonds. The Labute approximate surface area is 294 Å². The summed E-state index contributed by atoms with van der Waals surface area (Å²) in [6, 6.07) is 6.48. The van der Waals surface area contributed by atoms with Crippen LogP contribution >= 0.6 is 0 Å². The molecule has 1 aromatic rings. The molecular formula is C40H62N4O5.